The minimum absolute atomic E-state index is 0.148. The number of amides is 1. The van der Waals surface area contributed by atoms with Gasteiger partial charge in [-0.05, 0) is 43.7 Å². The van der Waals surface area contributed by atoms with Crippen LogP contribution in [0.2, 0.25) is 0 Å². The van der Waals surface area contributed by atoms with Gasteiger partial charge in [0, 0.05) is 19.7 Å². The van der Waals surface area contributed by atoms with Crippen LogP contribution in [0.15, 0.2) is 53.1 Å². The van der Waals surface area contributed by atoms with E-state index < -0.39 is 16.1 Å². The second kappa shape index (κ2) is 10.0. The zero-order chi connectivity index (χ0) is 24.2. The maximum Gasteiger partial charge on any atom is 0.263 e. The molecule has 9 nitrogen and oxygen atoms in total. The fourth-order valence-electron chi connectivity index (χ4n) is 3.15. The number of sulfonamides is 1. The van der Waals surface area contributed by atoms with Crippen molar-refractivity contribution >= 4 is 21.6 Å². The number of anilines is 1. The van der Waals surface area contributed by atoms with Crippen LogP contribution in [-0.4, -0.2) is 55.8 Å². The predicted molar refractivity (Wildman–Crippen MR) is 125 cm³/mol. The molecule has 1 aromatic heterocycles. The summed E-state index contributed by atoms with van der Waals surface area (Å²) in [5.74, 6) is 1.03. The summed E-state index contributed by atoms with van der Waals surface area (Å²) in [7, 11) is -0.237. The fourth-order valence-corrected chi connectivity index (χ4v) is 3.65. The lowest BCUT2D eigenvalue weighted by Crippen LogP contribution is -2.39. The molecule has 0 aliphatic heterocycles. The molecule has 0 aliphatic carbocycles. The number of ether oxygens (including phenoxy) is 1. The van der Waals surface area contributed by atoms with E-state index >= 15 is 0 Å². The van der Waals surface area contributed by atoms with Gasteiger partial charge in [0.25, 0.3) is 5.91 Å². The molecule has 0 saturated carbocycles. The topological polar surface area (TPSA) is 106 Å². The smallest absolute Gasteiger partial charge is 0.263 e. The minimum atomic E-state index is -3.36. The van der Waals surface area contributed by atoms with Gasteiger partial charge in [-0.3, -0.25) is 9.10 Å². The first-order chi connectivity index (χ1) is 15.6. The molecular weight excluding hydrogens is 444 g/mol. The lowest BCUT2D eigenvalue weighted by molar-refractivity contribution is -0.138. The number of hydrogen-bond donors (Lipinski definition) is 0. The van der Waals surface area contributed by atoms with Gasteiger partial charge in [0.15, 0.2) is 6.10 Å². The van der Waals surface area contributed by atoms with E-state index in [4.69, 9.17) is 9.26 Å². The highest BCUT2D eigenvalue weighted by Crippen LogP contribution is 2.22. The molecule has 0 N–H and O–H groups in total. The largest absolute Gasteiger partial charge is 0.481 e. The molecule has 0 fully saturated rings. The summed E-state index contributed by atoms with van der Waals surface area (Å²) in [6.45, 7) is 3.99. The van der Waals surface area contributed by atoms with E-state index in [0.717, 1.165) is 17.4 Å². The number of nitrogens with zero attached hydrogens (tertiary/aromatic N) is 4. The van der Waals surface area contributed by atoms with E-state index in [9.17, 15) is 13.2 Å². The van der Waals surface area contributed by atoms with Gasteiger partial charge in [0.2, 0.25) is 21.7 Å². The van der Waals surface area contributed by atoms with E-state index in [0.29, 0.717) is 29.6 Å². The maximum atomic E-state index is 12.9. The van der Waals surface area contributed by atoms with E-state index in [-0.39, 0.29) is 12.5 Å². The van der Waals surface area contributed by atoms with E-state index in [1.807, 2.05) is 38.1 Å². The summed E-state index contributed by atoms with van der Waals surface area (Å²) in [5, 5.41) is 4.01. The summed E-state index contributed by atoms with van der Waals surface area (Å²) in [5.41, 5.74) is 2.44. The number of carbonyl (C=O) groups is 1. The van der Waals surface area contributed by atoms with Gasteiger partial charge >= 0.3 is 0 Å². The number of likely N-dealkylation sites (N-methyl/N-ethyl adjacent to an activating group) is 1. The minimum Gasteiger partial charge on any atom is -0.481 e. The van der Waals surface area contributed by atoms with Crippen molar-refractivity contribution in [1.29, 1.82) is 0 Å². The Bertz CT molecular complexity index is 1210. The molecule has 0 saturated heterocycles. The van der Waals surface area contributed by atoms with Crippen LogP contribution in [0.25, 0.3) is 11.4 Å². The molecular formula is C23H28N4O5S. The third-order valence-corrected chi connectivity index (χ3v) is 6.32. The van der Waals surface area contributed by atoms with Crippen LogP contribution < -0.4 is 9.04 Å². The Hall–Kier alpha value is -3.40. The van der Waals surface area contributed by atoms with Crippen LogP contribution in [0.5, 0.6) is 5.75 Å². The van der Waals surface area contributed by atoms with Crippen molar-refractivity contribution in [2.45, 2.75) is 32.9 Å². The van der Waals surface area contributed by atoms with Crippen molar-refractivity contribution in [2.75, 3.05) is 24.7 Å². The standard InChI is InChI=1S/C23H28N4O5S/c1-6-20(31-19-12-10-18(11-13-19)27(4)33(5,29)30)23(28)26(3)15-21-24-22(25-32-21)17-9-7-8-16(2)14-17/h7-14,20H,6,15H2,1-5H3/t20-/m0/s1. The van der Waals surface area contributed by atoms with Crippen LogP contribution in [0.1, 0.15) is 24.8 Å². The maximum absolute atomic E-state index is 12.9. The Balaban J connectivity index is 1.64. The first kappa shape index (κ1) is 24.2. The van der Waals surface area contributed by atoms with Gasteiger partial charge in [-0.25, -0.2) is 8.42 Å². The molecule has 176 valence electrons. The number of hydrogen-bond acceptors (Lipinski definition) is 7. The molecule has 1 heterocycles. The summed E-state index contributed by atoms with van der Waals surface area (Å²) in [4.78, 5) is 18.8. The van der Waals surface area contributed by atoms with Gasteiger partial charge in [-0.15, -0.1) is 0 Å². The van der Waals surface area contributed by atoms with Crippen molar-refractivity contribution < 1.29 is 22.5 Å². The predicted octanol–water partition coefficient (Wildman–Crippen LogP) is 3.26. The highest BCUT2D eigenvalue weighted by molar-refractivity contribution is 7.92. The Morgan fingerprint density at radius 3 is 2.45 bits per heavy atom. The normalized spacial score (nSPS) is 12.3. The number of aryl methyl sites for hydroxylation is 1. The van der Waals surface area contributed by atoms with E-state index in [1.54, 1.807) is 31.3 Å². The van der Waals surface area contributed by atoms with Gasteiger partial charge in [0.1, 0.15) is 5.75 Å². The third-order valence-electron chi connectivity index (χ3n) is 5.12. The monoisotopic (exact) mass is 472 g/mol. The first-order valence-electron chi connectivity index (χ1n) is 10.4. The number of aromatic nitrogens is 2. The van der Waals surface area contributed by atoms with Crippen molar-refractivity contribution in [1.82, 2.24) is 15.0 Å². The molecule has 0 aliphatic rings. The first-order valence-corrected chi connectivity index (χ1v) is 12.3. The van der Waals surface area contributed by atoms with Crippen molar-refractivity contribution in [2.24, 2.45) is 0 Å². The molecule has 1 amide bonds. The quantitative estimate of drug-likeness (QED) is 0.471. The van der Waals surface area contributed by atoms with Crippen LogP contribution in [0.4, 0.5) is 5.69 Å². The SMILES string of the molecule is CC[C@H](Oc1ccc(N(C)S(C)(=O)=O)cc1)C(=O)N(C)Cc1nc(-c2cccc(C)c2)no1. The van der Waals surface area contributed by atoms with Gasteiger partial charge in [0.05, 0.1) is 18.5 Å². The fraction of sp³-hybridized carbons (Fsp3) is 0.348. The molecule has 0 spiro atoms. The van der Waals surface area contributed by atoms with E-state index in [2.05, 4.69) is 10.1 Å². The molecule has 33 heavy (non-hydrogen) atoms. The van der Waals surface area contributed by atoms with Crippen molar-refractivity contribution in [3.63, 3.8) is 0 Å². The second-order valence-corrected chi connectivity index (χ2v) is 9.83. The summed E-state index contributed by atoms with van der Waals surface area (Å²) >= 11 is 0. The number of carbonyl (C=O) groups excluding carboxylic acids is 1. The van der Waals surface area contributed by atoms with Gasteiger partial charge < -0.3 is 14.2 Å². The summed E-state index contributed by atoms with van der Waals surface area (Å²) < 4.78 is 35.7. The molecule has 3 rings (SSSR count). The van der Waals surface area contributed by atoms with Gasteiger partial charge in [-0.1, -0.05) is 35.8 Å². The second-order valence-electron chi connectivity index (χ2n) is 7.81. The Morgan fingerprint density at radius 2 is 1.85 bits per heavy atom. The van der Waals surface area contributed by atoms with Crippen LogP contribution >= 0.6 is 0 Å². The van der Waals surface area contributed by atoms with Gasteiger partial charge in [-0.2, -0.15) is 4.98 Å². The Kier molecular flexibility index (Phi) is 7.37. The molecule has 3 aromatic rings. The zero-order valence-electron chi connectivity index (χ0n) is 19.3. The highest BCUT2D eigenvalue weighted by atomic mass is 32.2. The Morgan fingerprint density at radius 1 is 1.15 bits per heavy atom. The molecule has 10 heteroatoms. The van der Waals surface area contributed by atoms with Crippen LogP contribution in [0.3, 0.4) is 0 Å². The molecule has 0 radical (unpaired) electrons. The Labute approximate surface area is 194 Å². The van der Waals surface area contributed by atoms with Crippen molar-refractivity contribution in [3.05, 3.63) is 60.0 Å². The summed E-state index contributed by atoms with van der Waals surface area (Å²) in [6.07, 6.45) is 0.867. The molecule has 0 unspecified atom stereocenters. The lowest BCUT2D eigenvalue weighted by atomic mass is 10.1. The molecule has 2 aromatic carbocycles. The highest BCUT2D eigenvalue weighted by Gasteiger charge is 2.24. The average Bonchev–Trinajstić information content (AvgIpc) is 3.24. The lowest BCUT2D eigenvalue weighted by Gasteiger charge is -2.23. The summed E-state index contributed by atoms with van der Waals surface area (Å²) in [6, 6.07) is 14.3. The van der Waals surface area contributed by atoms with Crippen molar-refractivity contribution in [3.8, 4) is 17.1 Å². The third kappa shape index (κ3) is 6.10. The molecule has 0 bridgehead atoms. The average molecular weight is 473 g/mol. The molecule has 1 atom stereocenters. The number of benzene rings is 2. The van der Waals surface area contributed by atoms with E-state index in [1.165, 1.54) is 16.3 Å². The zero-order valence-corrected chi connectivity index (χ0v) is 20.2. The number of rotatable bonds is 9. The van der Waals surface area contributed by atoms with Crippen LogP contribution in [-0.2, 0) is 21.4 Å². The van der Waals surface area contributed by atoms with Crippen LogP contribution in [0, 0.1) is 6.92 Å².